The number of hydrogen-bond donors (Lipinski definition) is 0. The molecule has 0 heterocycles. The topological polar surface area (TPSA) is 34.1 Å². The maximum absolute atomic E-state index is 12.3. The van der Waals surface area contributed by atoms with Crippen molar-refractivity contribution in [2.45, 2.75) is 36.8 Å². The van der Waals surface area contributed by atoms with Crippen molar-refractivity contribution >= 4 is 9.84 Å². The highest BCUT2D eigenvalue weighted by Crippen LogP contribution is 2.27. The third kappa shape index (κ3) is 2.35. The Balaban J connectivity index is 3.39. The second-order valence-corrected chi connectivity index (χ2v) is 7.39. The van der Waals surface area contributed by atoms with Gasteiger partial charge in [-0.2, -0.15) is 0 Å². The summed E-state index contributed by atoms with van der Waals surface area (Å²) in [7, 11) is -3.28. The van der Waals surface area contributed by atoms with Gasteiger partial charge in [0, 0.05) is 0 Å². The molecule has 0 spiro atoms. The van der Waals surface area contributed by atoms with E-state index in [1.807, 2.05) is 12.1 Å². The summed E-state index contributed by atoms with van der Waals surface area (Å²) in [6, 6.07) is 7.10. The Kier molecular flexibility index (Phi) is 3.58. The fourth-order valence-corrected chi connectivity index (χ4v) is 2.83. The zero-order valence-electron chi connectivity index (χ0n) is 10.0. The highest BCUT2D eigenvalue weighted by molar-refractivity contribution is 7.92. The first-order valence-electron chi connectivity index (χ1n) is 5.24. The highest BCUT2D eigenvalue weighted by atomic mass is 32.2. The standard InChI is InChI=1S/C13H18O2S/c1-5-8-11-9-6-7-10-12(11)16(14,15)13(2,3)4/h5-7,9-10H,1,8H2,2-4H3. The van der Waals surface area contributed by atoms with Crippen LogP contribution in [0.25, 0.3) is 0 Å². The van der Waals surface area contributed by atoms with E-state index in [0.717, 1.165) is 5.56 Å². The van der Waals surface area contributed by atoms with Crippen molar-refractivity contribution in [3.63, 3.8) is 0 Å². The van der Waals surface area contributed by atoms with E-state index in [9.17, 15) is 8.42 Å². The summed E-state index contributed by atoms with van der Waals surface area (Å²) in [6.07, 6.45) is 2.29. The first-order valence-corrected chi connectivity index (χ1v) is 6.72. The zero-order chi connectivity index (χ0) is 12.4. The van der Waals surface area contributed by atoms with Gasteiger partial charge in [-0.15, -0.1) is 6.58 Å². The van der Waals surface area contributed by atoms with Crippen LogP contribution in [-0.4, -0.2) is 13.2 Å². The summed E-state index contributed by atoms with van der Waals surface area (Å²) < 4.78 is 23.9. The Labute approximate surface area is 97.9 Å². The number of sulfone groups is 1. The lowest BCUT2D eigenvalue weighted by molar-refractivity contribution is 0.559. The first kappa shape index (κ1) is 13.0. The van der Waals surface area contributed by atoms with Crippen molar-refractivity contribution < 1.29 is 8.42 Å². The van der Waals surface area contributed by atoms with Gasteiger partial charge in [0.1, 0.15) is 0 Å². The lowest BCUT2D eigenvalue weighted by Crippen LogP contribution is -2.28. The maximum Gasteiger partial charge on any atom is 0.183 e. The van der Waals surface area contributed by atoms with Crippen LogP contribution in [0.1, 0.15) is 26.3 Å². The largest absolute Gasteiger partial charge is 0.223 e. The quantitative estimate of drug-likeness (QED) is 0.759. The molecule has 1 aromatic rings. The molecule has 0 fully saturated rings. The molecule has 0 saturated heterocycles. The van der Waals surface area contributed by atoms with E-state index in [0.29, 0.717) is 11.3 Å². The predicted octanol–water partition coefficient (Wildman–Crippen LogP) is 2.99. The van der Waals surface area contributed by atoms with Gasteiger partial charge in [-0.25, -0.2) is 8.42 Å². The normalized spacial score (nSPS) is 12.4. The van der Waals surface area contributed by atoms with Gasteiger partial charge in [0.15, 0.2) is 9.84 Å². The molecule has 0 aliphatic rings. The fraction of sp³-hybridized carbons (Fsp3) is 0.385. The Morgan fingerprint density at radius 2 is 1.81 bits per heavy atom. The van der Waals surface area contributed by atoms with Crippen molar-refractivity contribution in [3.8, 4) is 0 Å². The fourth-order valence-electron chi connectivity index (χ4n) is 1.42. The van der Waals surface area contributed by atoms with E-state index in [2.05, 4.69) is 6.58 Å². The predicted molar refractivity (Wildman–Crippen MR) is 67.3 cm³/mol. The molecular formula is C13H18O2S. The van der Waals surface area contributed by atoms with Crippen LogP contribution in [0, 0.1) is 0 Å². The van der Waals surface area contributed by atoms with Crippen LogP contribution in [0.3, 0.4) is 0 Å². The van der Waals surface area contributed by atoms with Gasteiger partial charge >= 0.3 is 0 Å². The average molecular weight is 238 g/mol. The van der Waals surface area contributed by atoms with Gasteiger partial charge in [0.05, 0.1) is 9.64 Å². The number of benzene rings is 1. The monoisotopic (exact) mass is 238 g/mol. The first-order chi connectivity index (χ1) is 7.30. The van der Waals surface area contributed by atoms with Gasteiger partial charge in [-0.3, -0.25) is 0 Å². The smallest absolute Gasteiger partial charge is 0.183 e. The van der Waals surface area contributed by atoms with E-state index < -0.39 is 14.6 Å². The second kappa shape index (κ2) is 4.42. The van der Waals surface area contributed by atoms with Crippen LogP contribution in [0.4, 0.5) is 0 Å². The minimum absolute atomic E-state index is 0.419. The van der Waals surface area contributed by atoms with Gasteiger partial charge < -0.3 is 0 Å². The Bertz CT molecular complexity index is 479. The van der Waals surface area contributed by atoms with E-state index in [4.69, 9.17) is 0 Å². The summed E-state index contributed by atoms with van der Waals surface area (Å²) >= 11 is 0. The van der Waals surface area contributed by atoms with Crippen molar-refractivity contribution in [3.05, 3.63) is 42.5 Å². The van der Waals surface area contributed by atoms with Crippen LogP contribution in [0.2, 0.25) is 0 Å². The minimum Gasteiger partial charge on any atom is -0.223 e. The zero-order valence-corrected chi connectivity index (χ0v) is 10.8. The number of allylic oxidation sites excluding steroid dienone is 1. The van der Waals surface area contributed by atoms with Crippen LogP contribution in [0.15, 0.2) is 41.8 Å². The molecule has 0 bridgehead atoms. The summed E-state index contributed by atoms with van der Waals surface area (Å²) in [4.78, 5) is 0.419. The van der Waals surface area contributed by atoms with Crippen LogP contribution in [0.5, 0.6) is 0 Å². The minimum atomic E-state index is -3.28. The van der Waals surface area contributed by atoms with Crippen LogP contribution < -0.4 is 0 Å². The summed E-state index contributed by atoms with van der Waals surface area (Å²) in [6.45, 7) is 8.79. The lowest BCUT2D eigenvalue weighted by Gasteiger charge is -2.21. The number of rotatable bonds is 3. The van der Waals surface area contributed by atoms with E-state index in [-0.39, 0.29) is 0 Å². The van der Waals surface area contributed by atoms with Gasteiger partial charge in [-0.1, -0.05) is 24.3 Å². The molecule has 16 heavy (non-hydrogen) atoms. The molecule has 0 radical (unpaired) electrons. The molecule has 0 aromatic heterocycles. The van der Waals surface area contributed by atoms with Crippen molar-refractivity contribution in [1.29, 1.82) is 0 Å². The molecule has 0 aliphatic heterocycles. The second-order valence-electron chi connectivity index (χ2n) is 4.72. The molecule has 0 saturated carbocycles. The molecule has 1 aromatic carbocycles. The van der Waals surface area contributed by atoms with Crippen molar-refractivity contribution in [1.82, 2.24) is 0 Å². The summed E-state index contributed by atoms with van der Waals surface area (Å²) in [5.74, 6) is 0. The third-order valence-corrected chi connectivity index (χ3v) is 5.02. The molecule has 2 nitrogen and oxygen atoms in total. The Hall–Kier alpha value is -1.09. The maximum atomic E-state index is 12.3. The Morgan fingerprint density at radius 1 is 1.25 bits per heavy atom. The van der Waals surface area contributed by atoms with Crippen LogP contribution in [-0.2, 0) is 16.3 Å². The van der Waals surface area contributed by atoms with Gasteiger partial charge in [-0.05, 0) is 38.8 Å². The Morgan fingerprint density at radius 3 is 2.31 bits per heavy atom. The van der Waals surface area contributed by atoms with Crippen molar-refractivity contribution in [2.75, 3.05) is 0 Å². The molecule has 0 N–H and O–H groups in total. The molecule has 0 aliphatic carbocycles. The molecule has 1 rings (SSSR count). The molecular weight excluding hydrogens is 220 g/mol. The molecule has 0 amide bonds. The molecule has 0 atom stereocenters. The van der Waals surface area contributed by atoms with Crippen molar-refractivity contribution in [2.24, 2.45) is 0 Å². The van der Waals surface area contributed by atoms with E-state index in [1.54, 1.807) is 39.0 Å². The highest BCUT2D eigenvalue weighted by Gasteiger charge is 2.32. The van der Waals surface area contributed by atoms with E-state index in [1.165, 1.54) is 0 Å². The molecule has 3 heteroatoms. The van der Waals surface area contributed by atoms with Gasteiger partial charge in [0.25, 0.3) is 0 Å². The summed E-state index contributed by atoms with van der Waals surface area (Å²) in [5.41, 5.74) is 0.812. The average Bonchev–Trinajstić information content (AvgIpc) is 2.17. The SMILES string of the molecule is C=CCc1ccccc1S(=O)(=O)C(C)(C)C. The summed E-state index contributed by atoms with van der Waals surface area (Å²) in [5, 5.41) is 0. The van der Waals surface area contributed by atoms with Gasteiger partial charge in [0.2, 0.25) is 0 Å². The molecule has 0 unspecified atom stereocenters. The van der Waals surface area contributed by atoms with E-state index >= 15 is 0 Å². The third-order valence-electron chi connectivity index (χ3n) is 2.43. The van der Waals surface area contributed by atoms with Crippen LogP contribution >= 0.6 is 0 Å². The number of hydrogen-bond acceptors (Lipinski definition) is 2. The lowest BCUT2D eigenvalue weighted by atomic mass is 10.1. The molecule has 88 valence electrons.